The van der Waals surface area contributed by atoms with E-state index in [1.807, 2.05) is 31.2 Å². The summed E-state index contributed by atoms with van der Waals surface area (Å²) in [5, 5.41) is 0. The van der Waals surface area contributed by atoms with E-state index in [4.69, 9.17) is 4.74 Å². The van der Waals surface area contributed by atoms with Crippen LogP contribution < -0.4 is 0 Å². The number of carbonyl (C=O) groups is 1. The topological polar surface area (TPSA) is 29.5 Å². The van der Waals surface area contributed by atoms with E-state index in [-0.39, 0.29) is 5.97 Å². The zero-order chi connectivity index (χ0) is 13.4. The van der Waals surface area contributed by atoms with Crippen molar-refractivity contribution >= 4 is 5.97 Å². The second kappa shape index (κ2) is 7.88. The summed E-state index contributed by atoms with van der Waals surface area (Å²) in [7, 11) is 4.15. The van der Waals surface area contributed by atoms with Crippen molar-refractivity contribution in [3.05, 3.63) is 35.4 Å². The lowest BCUT2D eigenvalue weighted by molar-refractivity contribution is 0.0525. The molecule has 0 radical (unpaired) electrons. The minimum atomic E-state index is -0.208. The van der Waals surface area contributed by atoms with Gasteiger partial charge in [-0.2, -0.15) is 0 Å². The Morgan fingerprint density at radius 3 is 2.61 bits per heavy atom. The van der Waals surface area contributed by atoms with Crippen molar-refractivity contribution in [3.63, 3.8) is 0 Å². The minimum absolute atomic E-state index is 0.208. The maximum Gasteiger partial charge on any atom is 0.338 e. The Kier molecular flexibility index (Phi) is 6.44. The van der Waals surface area contributed by atoms with E-state index in [9.17, 15) is 4.79 Å². The molecule has 0 atom stereocenters. The summed E-state index contributed by atoms with van der Waals surface area (Å²) < 4.78 is 5.07. The highest BCUT2D eigenvalue weighted by Crippen LogP contribution is 2.13. The first-order valence-corrected chi connectivity index (χ1v) is 6.55. The van der Waals surface area contributed by atoms with Gasteiger partial charge in [0.25, 0.3) is 0 Å². The van der Waals surface area contributed by atoms with Crippen molar-refractivity contribution in [1.82, 2.24) is 4.90 Å². The number of rotatable bonds is 7. The van der Waals surface area contributed by atoms with Crippen LogP contribution in [0.3, 0.4) is 0 Å². The van der Waals surface area contributed by atoms with Gasteiger partial charge < -0.3 is 9.64 Å². The maximum absolute atomic E-state index is 11.8. The Balaban J connectivity index is 2.56. The predicted molar refractivity (Wildman–Crippen MR) is 73.9 cm³/mol. The van der Waals surface area contributed by atoms with Crippen molar-refractivity contribution < 1.29 is 9.53 Å². The van der Waals surface area contributed by atoms with Gasteiger partial charge in [0.05, 0.1) is 12.2 Å². The second-order valence-corrected chi connectivity index (χ2v) is 4.64. The molecule has 0 saturated heterocycles. The van der Waals surface area contributed by atoms with Gasteiger partial charge in [-0.05, 0) is 58.5 Å². The summed E-state index contributed by atoms with van der Waals surface area (Å²) in [4.78, 5) is 14.0. The van der Waals surface area contributed by atoms with Gasteiger partial charge in [0, 0.05) is 0 Å². The van der Waals surface area contributed by atoms with Crippen molar-refractivity contribution in [2.24, 2.45) is 0 Å². The molecule has 0 aliphatic rings. The standard InChI is InChI=1S/C15H23NO2/c1-4-18-15(17)14-11-6-5-9-13(14)10-7-8-12-16(2)3/h5-6,9,11H,4,7-8,10,12H2,1-3H3. The van der Waals surface area contributed by atoms with Crippen molar-refractivity contribution in [1.29, 1.82) is 0 Å². The Bertz CT molecular complexity index is 375. The summed E-state index contributed by atoms with van der Waals surface area (Å²) in [6.07, 6.45) is 3.17. The molecule has 18 heavy (non-hydrogen) atoms. The fraction of sp³-hybridized carbons (Fsp3) is 0.533. The SMILES string of the molecule is CCOC(=O)c1ccccc1CCCCN(C)C. The van der Waals surface area contributed by atoms with Crippen molar-refractivity contribution in [3.8, 4) is 0 Å². The summed E-state index contributed by atoms with van der Waals surface area (Å²) in [5.41, 5.74) is 1.80. The lowest BCUT2D eigenvalue weighted by atomic mass is 10.0. The third kappa shape index (κ3) is 4.88. The zero-order valence-corrected chi connectivity index (χ0v) is 11.6. The molecule has 0 N–H and O–H groups in total. The first-order valence-electron chi connectivity index (χ1n) is 6.55. The molecule has 1 rings (SSSR count). The highest BCUT2D eigenvalue weighted by atomic mass is 16.5. The number of hydrogen-bond donors (Lipinski definition) is 0. The molecule has 0 unspecified atom stereocenters. The van der Waals surface area contributed by atoms with Crippen LogP contribution in [0.15, 0.2) is 24.3 Å². The Labute approximate surface area is 110 Å². The number of esters is 1. The van der Waals surface area contributed by atoms with E-state index in [0.29, 0.717) is 12.2 Å². The third-order valence-electron chi connectivity index (χ3n) is 2.81. The van der Waals surface area contributed by atoms with Gasteiger partial charge in [-0.25, -0.2) is 4.79 Å². The molecule has 100 valence electrons. The van der Waals surface area contributed by atoms with Gasteiger partial charge in [-0.3, -0.25) is 0 Å². The third-order valence-corrected chi connectivity index (χ3v) is 2.81. The van der Waals surface area contributed by atoms with E-state index in [1.165, 1.54) is 0 Å². The number of ether oxygens (including phenoxy) is 1. The molecule has 1 aromatic rings. The number of benzene rings is 1. The van der Waals surface area contributed by atoms with Gasteiger partial charge in [0.1, 0.15) is 0 Å². The van der Waals surface area contributed by atoms with E-state index < -0.39 is 0 Å². The molecule has 0 amide bonds. The number of unbranched alkanes of at least 4 members (excludes halogenated alkanes) is 1. The van der Waals surface area contributed by atoms with Crippen LogP contribution in [0, 0.1) is 0 Å². The van der Waals surface area contributed by atoms with E-state index in [1.54, 1.807) is 0 Å². The molecule has 3 nitrogen and oxygen atoms in total. The molecular weight excluding hydrogens is 226 g/mol. The Morgan fingerprint density at radius 2 is 1.94 bits per heavy atom. The highest BCUT2D eigenvalue weighted by Gasteiger charge is 2.10. The molecule has 0 aliphatic heterocycles. The fourth-order valence-corrected chi connectivity index (χ4v) is 1.89. The van der Waals surface area contributed by atoms with Gasteiger partial charge in [0.2, 0.25) is 0 Å². The monoisotopic (exact) mass is 249 g/mol. The maximum atomic E-state index is 11.8. The van der Waals surface area contributed by atoms with Crippen LogP contribution in [0.5, 0.6) is 0 Å². The Hall–Kier alpha value is -1.35. The molecular formula is C15H23NO2. The van der Waals surface area contributed by atoms with Gasteiger partial charge >= 0.3 is 5.97 Å². The van der Waals surface area contributed by atoms with Crippen molar-refractivity contribution in [2.45, 2.75) is 26.2 Å². The predicted octanol–water partition coefficient (Wildman–Crippen LogP) is 2.75. The average molecular weight is 249 g/mol. The zero-order valence-electron chi connectivity index (χ0n) is 11.6. The summed E-state index contributed by atoms with van der Waals surface area (Å²) in [5.74, 6) is -0.208. The van der Waals surface area contributed by atoms with Crippen LogP contribution in [0.4, 0.5) is 0 Å². The lowest BCUT2D eigenvalue weighted by Crippen LogP contribution is -2.13. The first kappa shape index (κ1) is 14.7. The van der Waals surface area contributed by atoms with Crippen LogP contribution in [0.1, 0.15) is 35.7 Å². The number of aryl methyl sites for hydroxylation is 1. The quantitative estimate of drug-likeness (QED) is 0.549. The molecule has 0 spiro atoms. The van der Waals surface area contributed by atoms with Gasteiger partial charge in [-0.1, -0.05) is 18.2 Å². The van der Waals surface area contributed by atoms with Crippen LogP contribution in [0.2, 0.25) is 0 Å². The van der Waals surface area contributed by atoms with Crippen molar-refractivity contribution in [2.75, 3.05) is 27.2 Å². The van der Waals surface area contributed by atoms with Crippen LogP contribution in [0.25, 0.3) is 0 Å². The normalized spacial score (nSPS) is 10.7. The van der Waals surface area contributed by atoms with Gasteiger partial charge in [0.15, 0.2) is 0 Å². The first-order chi connectivity index (χ1) is 8.65. The molecule has 0 fully saturated rings. The number of nitrogens with zero attached hydrogens (tertiary/aromatic N) is 1. The molecule has 0 bridgehead atoms. The largest absolute Gasteiger partial charge is 0.462 e. The summed E-state index contributed by atoms with van der Waals surface area (Å²) in [6, 6.07) is 7.72. The molecule has 0 heterocycles. The lowest BCUT2D eigenvalue weighted by Gasteiger charge is -2.10. The summed E-state index contributed by atoms with van der Waals surface area (Å²) in [6.45, 7) is 3.34. The average Bonchev–Trinajstić information content (AvgIpc) is 2.35. The van der Waals surface area contributed by atoms with Crippen LogP contribution >= 0.6 is 0 Å². The smallest absolute Gasteiger partial charge is 0.338 e. The van der Waals surface area contributed by atoms with E-state index in [2.05, 4.69) is 19.0 Å². The van der Waals surface area contributed by atoms with E-state index in [0.717, 1.165) is 31.4 Å². The number of hydrogen-bond acceptors (Lipinski definition) is 3. The number of carbonyl (C=O) groups excluding carboxylic acids is 1. The highest BCUT2D eigenvalue weighted by molar-refractivity contribution is 5.91. The second-order valence-electron chi connectivity index (χ2n) is 4.64. The molecule has 0 aliphatic carbocycles. The van der Waals surface area contributed by atoms with Crippen LogP contribution in [-0.4, -0.2) is 38.1 Å². The van der Waals surface area contributed by atoms with E-state index >= 15 is 0 Å². The molecule has 0 saturated carbocycles. The fourth-order valence-electron chi connectivity index (χ4n) is 1.89. The minimum Gasteiger partial charge on any atom is -0.462 e. The molecule has 0 aromatic heterocycles. The Morgan fingerprint density at radius 1 is 1.22 bits per heavy atom. The molecule has 3 heteroatoms. The summed E-state index contributed by atoms with van der Waals surface area (Å²) >= 11 is 0. The van der Waals surface area contributed by atoms with Crippen LogP contribution in [-0.2, 0) is 11.2 Å². The molecule has 1 aromatic carbocycles. The van der Waals surface area contributed by atoms with Gasteiger partial charge in [-0.15, -0.1) is 0 Å².